The molecule has 0 spiro atoms. The van der Waals surface area contributed by atoms with Crippen LogP contribution in [-0.4, -0.2) is 73.5 Å². The average Bonchev–Trinajstić information content (AvgIpc) is 3.45. The maximum absolute atomic E-state index is 11.6. The molecule has 0 bridgehead atoms. The summed E-state index contributed by atoms with van der Waals surface area (Å²) in [5, 5.41) is 27.7. The van der Waals surface area contributed by atoms with E-state index in [2.05, 4.69) is 43.3 Å². The molecule has 1 unspecified atom stereocenters. The lowest BCUT2D eigenvalue weighted by Crippen LogP contribution is -2.43. The van der Waals surface area contributed by atoms with Crippen LogP contribution in [0.25, 0.3) is 11.7 Å². The number of H-pyrrole nitrogens is 2. The lowest BCUT2D eigenvalue weighted by atomic mass is 10.2. The number of nitrogens with zero attached hydrogens (tertiary/aromatic N) is 6. The number of ether oxygens (including phenoxy) is 1. The molecule has 0 amide bonds. The van der Waals surface area contributed by atoms with Crippen molar-refractivity contribution in [3.05, 3.63) is 67.9 Å². The van der Waals surface area contributed by atoms with E-state index < -0.39 is 5.69 Å². The molecule has 1 aliphatic rings. The van der Waals surface area contributed by atoms with Gasteiger partial charge in [0.05, 0.1) is 48.3 Å². The summed E-state index contributed by atoms with van der Waals surface area (Å²) in [6.07, 6.45) is 3.15. The van der Waals surface area contributed by atoms with Crippen LogP contribution in [0.1, 0.15) is 18.2 Å². The Kier molecular flexibility index (Phi) is 6.91. The number of halogens is 1. The molecule has 4 aromatic rings. The van der Waals surface area contributed by atoms with Gasteiger partial charge in [-0.2, -0.15) is 14.9 Å². The van der Waals surface area contributed by atoms with Crippen LogP contribution in [0.4, 0.5) is 11.5 Å². The van der Waals surface area contributed by atoms with Gasteiger partial charge >= 0.3 is 5.69 Å². The number of anilines is 2. The largest absolute Gasteiger partial charge is 0.493 e. The van der Waals surface area contributed by atoms with E-state index in [9.17, 15) is 9.90 Å². The van der Waals surface area contributed by atoms with E-state index in [-0.39, 0.29) is 17.6 Å². The summed E-state index contributed by atoms with van der Waals surface area (Å²) in [5.41, 5.74) is 1.70. The number of aromatic nitrogens is 5. The van der Waals surface area contributed by atoms with Crippen LogP contribution in [0.5, 0.6) is 5.88 Å². The van der Waals surface area contributed by atoms with E-state index in [1.54, 1.807) is 41.1 Å². The first-order chi connectivity index (χ1) is 17.9. The number of benzene rings is 1. The third kappa shape index (κ3) is 5.34. The number of aromatic hydroxyl groups is 1. The van der Waals surface area contributed by atoms with Crippen LogP contribution < -0.4 is 21.7 Å². The topological polar surface area (TPSA) is 160 Å². The maximum atomic E-state index is 11.6. The molecule has 1 fully saturated rings. The number of aromatic amines is 2. The van der Waals surface area contributed by atoms with Crippen molar-refractivity contribution < 1.29 is 9.84 Å². The molecule has 1 aliphatic heterocycles. The molecular formula is C24H24ClN9O3. The first kappa shape index (κ1) is 24.5. The van der Waals surface area contributed by atoms with E-state index in [4.69, 9.17) is 26.6 Å². The molecule has 190 valence electrons. The molecule has 0 aliphatic carbocycles. The Bertz CT molecular complexity index is 1660. The van der Waals surface area contributed by atoms with Gasteiger partial charge in [0.15, 0.2) is 11.1 Å². The van der Waals surface area contributed by atoms with Gasteiger partial charge in [0.2, 0.25) is 5.88 Å². The van der Waals surface area contributed by atoms with Crippen LogP contribution in [0.2, 0.25) is 5.02 Å². The molecule has 4 heterocycles. The van der Waals surface area contributed by atoms with Crippen molar-refractivity contribution >= 4 is 34.8 Å². The molecular weight excluding hydrogens is 498 g/mol. The Morgan fingerprint density at radius 3 is 2.86 bits per heavy atom. The molecule has 1 atom stereocenters. The summed E-state index contributed by atoms with van der Waals surface area (Å²) < 4.78 is 7.05. The second-order valence-corrected chi connectivity index (χ2v) is 9.00. The lowest BCUT2D eigenvalue weighted by Gasteiger charge is -2.31. The quantitative estimate of drug-likeness (QED) is 0.291. The highest BCUT2D eigenvalue weighted by Crippen LogP contribution is 2.25. The Labute approximate surface area is 215 Å². The number of fused-ring (bicyclic) bond motifs is 1. The van der Waals surface area contributed by atoms with E-state index in [1.165, 1.54) is 0 Å². The van der Waals surface area contributed by atoms with Gasteiger partial charge in [-0.3, -0.25) is 14.9 Å². The van der Waals surface area contributed by atoms with Crippen molar-refractivity contribution in [3.63, 3.8) is 0 Å². The summed E-state index contributed by atoms with van der Waals surface area (Å²) in [6.45, 7) is 5.76. The highest BCUT2D eigenvalue weighted by Gasteiger charge is 2.17. The predicted molar refractivity (Wildman–Crippen MR) is 137 cm³/mol. The number of morpholine rings is 1. The summed E-state index contributed by atoms with van der Waals surface area (Å²) in [4.78, 5) is 28.2. The van der Waals surface area contributed by atoms with Gasteiger partial charge in [0, 0.05) is 30.4 Å². The standard InChI is InChI=1S/C24H24ClN9O3/c1-14(33-4-6-37-7-5-33)12-27-21-10-20(29-18-3-2-15(11-26)8-17(18)25)31-22-16(13-28-34(21)22)9-19-23(35)32-24(36)30-19/h2-3,8-10,13-14,29,35H,4-7,12H2,1H3,(H2,30,32,36)/b16-9-,27-21?. The van der Waals surface area contributed by atoms with E-state index in [0.29, 0.717) is 58.2 Å². The molecule has 0 saturated carbocycles. The highest BCUT2D eigenvalue weighted by atomic mass is 35.5. The number of nitrogens with one attached hydrogen (secondary N) is 3. The Hall–Kier alpha value is -4.18. The Balaban J connectivity index is 1.59. The smallest absolute Gasteiger partial charge is 0.326 e. The van der Waals surface area contributed by atoms with Crippen LogP contribution in [0, 0.1) is 11.3 Å². The average molecular weight is 522 g/mol. The number of imidazole rings is 1. The zero-order valence-electron chi connectivity index (χ0n) is 19.9. The second kappa shape index (κ2) is 10.4. The van der Waals surface area contributed by atoms with Gasteiger partial charge in [-0.25, -0.2) is 9.78 Å². The fraction of sp³-hybridized carbons (Fsp3) is 0.292. The zero-order chi connectivity index (χ0) is 25.9. The summed E-state index contributed by atoms with van der Waals surface area (Å²) >= 11 is 6.37. The van der Waals surface area contributed by atoms with Crippen molar-refractivity contribution in [2.75, 3.05) is 38.2 Å². The summed E-state index contributed by atoms with van der Waals surface area (Å²) in [6, 6.07) is 8.95. The van der Waals surface area contributed by atoms with Gasteiger partial charge in [0.25, 0.3) is 0 Å². The third-order valence-electron chi connectivity index (χ3n) is 6.06. The fourth-order valence-electron chi connectivity index (χ4n) is 4.07. The summed E-state index contributed by atoms with van der Waals surface area (Å²) in [7, 11) is 0. The molecule has 4 N–H and O–H groups in total. The molecule has 1 aromatic carbocycles. The van der Waals surface area contributed by atoms with Crippen molar-refractivity contribution in [3.8, 4) is 11.9 Å². The van der Waals surface area contributed by atoms with E-state index in [1.807, 2.05) is 0 Å². The van der Waals surface area contributed by atoms with Gasteiger partial charge in [-0.1, -0.05) is 11.6 Å². The van der Waals surface area contributed by atoms with Gasteiger partial charge in [0.1, 0.15) is 11.5 Å². The van der Waals surface area contributed by atoms with Crippen LogP contribution in [0.3, 0.4) is 0 Å². The van der Waals surface area contributed by atoms with Gasteiger partial charge < -0.3 is 20.1 Å². The number of rotatable bonds is 6. The molecule has 1 saturated heterocycles. The number of hydrogen-bond donors (Lipinski definition) is 4. The van der Waals surface area contributed by atoms with Crippen molar-refractivity contribution in [1.29, 1.82) is 5.26 Å². The van der Waals surface area contributed by atoms with Crippen LogP contribution in [0.15, 0.2) is 40.2 Å². The predicted octanol–water partition coefficient (Wildman–Crippen LogP) is 0.889. The van der Waals surface area contributed by atoms with Crippen LogP contribution >= 0.6 is 11.6 Å². The molecule has 5 rings (SSSR count). The third-order valence-corrected chi connectivity index (χ3v) is 6.38. The number of nitriles is 1. The Morgan fingerprint density at radius 2 is 2.16 bits per heavy atom. The highest BCUT2D eigenvalue weighted by molar-refractivity contribution is 6.33. The molecule has 37 heavy (non-hydrogen) atoms. The molecule has 13 heteroatoms. The molecule has 3 aromatic heterocycles. The minimum Gasteiger partial charge on any atom is -0.493 e. The Morgan fingerprint density at radius 1 is 1.35 bits per heavy atom. The first-order valence-corrected chi connectivity index (χ1v) is 12.0. The van der Waals surface area contributed by atoms with Crippen LogP contribution in [-0.2, 0) is 4.74 Å². The number of hydrogen-bond acceptors (Lipinski definition) is 9. The normalized spacial score (nSPS) is 16.2. The minimum absolute atomic E-state index is 0.194. The van der Waals surface area contributed by atoms with E-state index in [0.717, 1.165) is 13.1 Å². The molecule has 12 nitrogen and oxygen atoms in total. The zero-order valence-corrected chi connectivity index (χ0v) is 20.7. The fourth-order valence-corrected chi connectivity index (χ4v) is 4.30. The summed E-state index contributed by atoms with van der Waals surface area (Å²) in [5.74, 6) is 0.172. The SMILES string of the molecule is CC(CN=c1cc(Nc2ccc(C#N)cc2Cl)nc2/c(=C\c3[nH]c(=O)[nH]c3O)cnn12)N1CCOCC1. The molecule has 0 radical (unpaired) electrons. The van der Waals surface area contributed by atoms with Crippen molar-refractivity contribution in [2.45, 2.75) is 13.0 Å². The maximum Gasteiger partial charge on any atom is 0.326 e. The van der Waals surface area contributed by atoms with Gasteiger partial charge in [-0.15, -0.1) is 0 Å². The minimum atomic E-state index is -0.529. The van der Waals surface area contributed by atoms with Gasteiger partial charge in [-0.05, 0) is 31.2 Å². The van der Waals surface area contributed by atoms with Crippen molar-refractivity contribution in [2.24, 2.45) is 4.99 Å². The van der Waals surface area contributed by atoms with Crippen molar-refractivity contribution in [1.82, 2.24) is 29.5 Å². The monoisotopic (exact) mass is 521 g/mol. The first-order valence-electron chi connectivity index (χ1n) is 11.6. The second-order valence-electron chi connectivity index (χ2n) is 8.59. The van der Waals surface area contributed by atoms with E-state index >= 15 is 0 Å². The lowest BCUT2D eigenvalue weighted by molar-refractivity contribution is 0.0219.